The lowest BCUT2D eigenvalue weighted by Gasteiger charge is -2.10. The zero-order chi connectivity index (χ0) is 21.9. The van der Waals surface area contributed by atoms with E-state index in [1.807, 2.05) is 18.2 Å². The monoisotopic (exact) mass is 439 g/mol. The van der Waals surface area contributed by atoms with E-state index in [1.54, 1.807) is 12.1 Å². The largest absolute Gasteiger partial charge is 0.352 e. The van der Waals surface area contributed by atoms with Crippen molar-refractivity contribution in [2.24, 2.45) is 0 Å². The third-order valence-electron chi connectivity index (χ3n) is 5.70. The number of carbonyl (C=O) groups is 1. The van der Waals surface area contributed by atoms with Crippen LogP contribution in [0.25, 0.3) is 11.0 Å². The lowest BCUT2D eigenvalue weighted by Crippen LogP contribution is -2.25. The predicted molar refractivity (Wildman–Crippen MR) is 130 cm³/mol. The van der Waals surface area contributed by atoms with Crippen LogP contribution in [0.5, 0.6) is 0 Å². The SMILES string of the molecule is CCCCCCCCCn1c(CCCNC(=O)c2ccccc2Cl)nc2ccccc21. The van der Waals surface area contributed by atoms with Crippen molar-refractivity contribution in [1.29, 1.82) is 0 Å². The van der Waals surface area contributed by atoms with Crippen LogP contribution in [0.4, 0.5) is 0 Å². The second-order valence-electron chi connectivity index (χ2n) is 8.13. The molecule has 1 amide bonds. The van der Waals surface area contributed by atoms with Gasteiger partial charge in [-0.25, -0.2) is 4.98 Å². The van der Waals surface area contributed by atoms with E-state index < -0.39 is 0 Å². The number of fused-ring (bicyclic) bond motifs is 1. The minimum Gasteiger partial charge on any atom is -0.352 e. The second-order valence-corrected chi connectivity index (χ2v) is 8.54. The highest BCUT2D eigenvalue weighted by Crippen LogP contribution is 2.19. The Kier molecular flexibility index (Phi) is 9.41. The van der Waals surface area contributed by atoms with Gasteiger partial charge in [0.05, 0.1) is 21.6 Å². The number of para-hydroxylation sites is 2. The molecule has 0 aliphatic rings. The van der Waals surface area contributed by atoms with E-state index in [0.29, 0.717) is 17.1 Å². The Bertz CT molecular complexity index is 966. The standard InChI is InChI=1S/C26H34ClN3O/c1-2-3-4-5-6-7-12-20-30-24-17-11-10-16-23(24)29-25(30)18-13-19-28-26(31)21-14-8-9-15-22(21)27/h8-11,14-17H,2-7,12-13,18-20H2,1H3,(H,28,31). The number of hydrogen-bond donors (Lipinski definition) is 1. The van der Waals surface area contributed by atoms with Crippen molar-refractivity contribution < 1.29 is 4.79 Å². The number of aryl methyl sites for hydroxylation is 2. The Balaban J connectivity index is 1.52. The fourth-order valence-corrected chi connectivity index (χ4v) is 4.20. The molecule has 2 aromatic carbocycles. The molecule has 1 N–H and O–H groups in total. The molecule has 0 aliphatic carbocycles. The first kappa shape index (κ1) is 23.3. The molecule has 166 valence electrons. The maximum atomic E-state index is 12.3. The van der Waals surface area contributed by atoms with Crippen LogP contribution in [-0.4, -0.2) is 22.0 Å². The van der Waals surface area contributed by atoms with E-state index in [-0.39, 0.29) is 5.91 Å². The minimum atomic E-state index is -0.123. The van der Waals surface area contributed by atoms with E-state index in [0.717, 1.165) is 30.7 Å². The summed E-state index contributed by atoms with van der Waals surface area (Å²) in [5.74, 6) is 0.987. The number of nitrogens with zero attached hydrogens (tertiary/aromatic N) is 2. The first-order valence-electron chi connectivity index (χ1n) is 11.7. The molecule has 0 aliphatic heterocycles. The van der Waals surface area contributed by atoms with Crippen molar-refractivity contribution in [3.63, 3.8) is 0 Å². The predicted octanol–water partition coefficient (Wildman–Crippen LogP) is 6.80. The smallest absolute Gasteiger partial charge is 0.252 e. The molecule has 0 radical (unpaired) electrons. The van der Waals surface area contributed by atoms with Gasteiger partial charge in [-0.05, 0) is 37.1 Å². The first-order chi connectivity index (χ1) is 15.2. The molecule has 1 heterocycles. The van der Waals surface area contributed by atoms with Gasteiger partial charge in [0.2, 0.25) is 0 Å². The lowest BCUT2D eigenvalue weighted by molar-refractivity contribution is 0.0953. The summed E-state index contributed by atoms with van der Waals surface area (Å²) < 4.78 is 2.37. The zero-order valence-corrected chi connectivity index (χ0v) is 19.3. The molecule has 0 unspecified atom stereocenters. The number of amides is 1. The van der Waals surface area contributed by atoms with Gasteiger partial charge in [-0.3, -0.25) is 4.79 Å². The molecule has 0 saturated heterocycles. The Morgan fingerprint density at radius 1 is 0.935 bits per heavy atom. The van der Waals surface area contributed by atoms with Crippen molar-refractivity contribution >= 4 is 28.5 Å². The van der Waals surface area contributed by atoms with Crippen molar-refractivity contribution in [3.05, 3.63) is 64.9 Å². The van der Waals surface area contributed by atoms with Crippen LogP contribution in [0, 0.1) is 0 Å². The average Bonchev–Trinajstić information content (AvgIpc) is 3.13. The number of halogens is 1. The molecule has 3 aromatic rings. The fraction of sp³-hybridized carbons (Fsp3) is 0.462. The van der Waals surface area contributed by atoms with E-state index in [9.17, 15) is 4.79 Å². The number of unbranched alkanes of at least 4 members (excludes halogenated alkanes) is 6. The van der Waals surface area contributed by atoms with E-state index in [1.165, 1.54) is 50.5 Å². The van der Waals surface area contributed by atoms with E-state index in [4.69, 9.17) is 16.6 Å². The molecule has 0 saturated carbocycles. The van der Waals surface area contributed by atoms with Crippen LogP contribution in [0.15, 0.2) is 48.5 Å². The number of nitrogens with one attached hydrogen (secondary N) is 1. The molecule has 0 fully saturated rings. The fourth-order valence-electron chi connectivity index (χ4n) is 3.98. The lowest BCUT2D eigenvalue weighted by atomic mass is 10.1. The molecule has 1 aromatic heterocycles. The number of benzene rings is 2. The minimum absolute atomic E-state index is 0.123. The van der Waals surface area contributed by atoms with Gasteiger partial charge in [0.25, 0.3) is 5.91 Å². The van der Waals surface area contributed by atoms with Gasteiger partial charge < -0.3 is 9.88 Å². The van der Waals surface area contributed by atoms with Gasteiger partial charge in [-0.2, -0.15) is 0 Å². The number of hydrogen-bond acceptors (Lipinski definition) is 2. The molecule has 4 nitrogen and oxygen atoms in total. The topological polar surface area (TPSA) is 46.9 Å². The van der Waals surface area contributed by atoms with Gasteiger partial charge >= 0.3 is 0 Å². The third kappa shape index (κ3) is 6.83. The number of aromatic nitrogens is 2. The summed E-state index contributed by atoms with van der Waals surface area (Å²) in [6.07, 6.45) is 10.8. The third-order valence-corrected chi connectivity index (χ3v) is 6.03. The van der Waals surface area contributed by atoms with Crippen molar-refractivity contribution in [3.8, 4) is 0 Å². The van der Waals surface area contributed by atoms with Crippen molar-refractivity contribution in [1.82, 2.24) is 14.9 Å². The van der Waals surface area contributed by atoms with Crippen LogP contribution >= 0.6 is 11.6 Å². The maximum Gasteiger partial charge on any atom is 0.252 e. The molecule has 0 atom stereocenters. The average molecular weight is 440 g/mol. The Morgan fingerprint density at radius 2 is 1.65 bits per heavy atom. The molecule has 0 spiro atoms. The summed E-state index contributed by atoms with van der Waals surface area (Å²) in [5, 5.41) is 3.46. The molecule has 31 heavy (non-hydrogen) atoms. The summed E-state index contributed by atoms with van der Waals surface area (Å²) in [6.45, 7) is 3.87. The first-order valence-corrected chi connectivity index (χ1v) is 12.1. The summed E-state index contributed by atoms with van der Waals surface area (Å²) in [4.78, 5) is 17.2. The number of carbonyl (C=O) groups excluding carboxylic acids is 1. The number of rotatable bonds is 13. The maximum absolute atomic E-state index is 12.3. The summed E-state index contributed by atoms with van der Waals surface area (Å²) in [7, 11) is 0. The molecule has 0 bridgehead atoms. The highest BCUT2D eigenvalue weighted by atomic mass is 35.5. The van der Waals surface area contributed by atoms with Crippen LogP contribution in [-0.2, 0) is 13.0 Å². The molecular weight excluding hydrogens is 406 g/mol. The quantitative estimate of drug-likeness (QED) is 0.297. The summed E-state index contributed by atoms with van der Waals surface area (Å²) in [5.41, 5.74) is 2.79. The van der Waals surface area contributed by atoms with Crippen LogP contribution in [0.1, 0.15) is 74.5 Å². The van der Waals surface area contributed by atoms with Crippen molar-refractivity contribution in [2.45, 2.75) is 71.3 Å². The highest BCUT2D eigenvalue weighted by Gasteiger charge is 2.11. The Hall–Kier alpha value is -2.33. The van der Waals surface area contributed by atoms with Crippen molar-refractivity contribution in [2.75, 3.05) is 6.54 Å². The molecular formula is C26H34ClN3O. The van der Waals surface area contributed by atoms with Gasteiger partial charge in [0.1, 0.15) is 5.82 Å². The van der Waals surface area contributed by atoms with E-state index >= 15 is 0 Å². The Labute approximate surface area is 191 Å². The van der Waals surface area contributed by atoms with Crippen LogP contribution in [0.2, 0.25) is 5.02 Å². The second kappa shape index (κ2) is 12.5. The molecule has 5 heteroatoms. The van der Waals surface area contributed by atoms with E-state index in [2.05, 4.69) is 35.0 Å². The molecule has 3 rings (SSSR count). The van der Waals surface area contributed by atoms with Crippen LogP contribution in [0.3, 0.4) is 0 Å². The summed E-state index contributed by atoms with van der Waals surface area (Å²) in [6, 6.07) is 15.5. The number of imidazole rings is 1. The van der Waals surface area contributed by atoms with Crippen LogP contribution < -0.4 is 5.32 Å². The Morgan fingerprint density at radius 3 is 2.45 bits per heavy atom. The van der Waals surface area contributed by atoms with Gasteiger partial charge in [0.15, 0.2) is 0 Å². The van der Waals surface area contributed by atoms with Gasteiger partial charge in [-0.1, -0.05) is 81.3 Å². The van der Waals surface area contributed by atoms with Gasteiger partial charge in [0, 0.05) is 19.5 Å². The van der Waals surface area contributed by atoms with Gasteiger partial charge in [-0.15, -0.1) is 0 Å². The highest BCUT2D eigenvalue weighted by molar-refractivity contribution is 6.33. The zero-order valence-electron chi connectivity index (χ0n) is 18.6. The summed E-state index contributed by atoms with van der Waals surface area (Å²) >= 11 is 6.12. The normalized spacial score (nSPS) is 11.2.